The highest BCUT2D eigenvalue weighted by atomic mass is 32.2. The summed E-state index contributed by atoms with van der Waals surface area (Å²) in [5, 5.41) is 8.77. The van der Waals surface area contributed by atoms with Crippen molar-refractivity contribution in [3.63, 3.8) is 0 Å². The van der Waals surface area contributed by atoms with Gasteiger partial charge in [-0.3, -0.25) is 4.98 Å². The molecule has 0 bridgehead atoms. The fourth-order valence-electron chi connectivity index (χ4n) is 1.71. The van der Waals surface area contributed by atoms with Crippen LogP contribution in [0.25, 0.3) is 0 Å². The Kier molecular flexibility index (Phi) is 4.23. The van der Waals surface area contributed by atoms with Crippen LogP contribution in [0.3, 0.4) is 0 Å². The predicted molar refractivity (Wildman–Crippen MR) is 75.1 cm³/mol. The van der Waals surface area contributed by atoms with Gasteiger partial charge in [0.05, 0.1) is 29.0 Å². The van der Waals surface area contributed by atoms with Gasteiger partial charge in [-0.25, -0.2) is 13.2 Å². The number of aromatic nitrogens is 1. The molecule has 0 saturated carbocycles. The first-order chi connectivity index (χ1) is 9.92. The van der Waals surface area contributed by atoms with Gasteiger partial charge in [-0.15, -0.1) is 0 Å². The number of aromatic carboxylic acids is 1. The molecule has 6 nitrogen and oxygen atoms in total. The van der Waals surface area contributed by atoms with Crippen LogP contribution in [0.15, 0.2) is 47.5 Å². The summed E-state index contributed by atoms with van der Waals surface area (Å²) in [5.41, 5.74) is 0.292. The molecule has 1 heterocycles. The minimum Gasteiger partial charge on any atom is -0.497 e. The number of carboxylic acids is 1. The van der Waals surface area contributed by atoms with Gasteiger partial charge < -0.3 is 9.84 Å². The van der Waals surface area contributed by atoms with Crippen LogP contribution in [0.1, 0.15) is 16.1 Å². The van der Waals surface area contributed by atoms with Crippen molar-refractivity contribution < 1.29 is 23.1 Å². The number of pyridine rings is 1. The summed E-state index contributed by atoms with van der Waals surface area (Å²) in [7, 11) is -2.11. The van der Waals surface area contributed by atoms with Crippen LogP contribution in [0.4, 0.5) is 0 Å². The largest absolute Gasteiger partial charge is 0.497 e. The van der Waals surface area contributed by atoms with E-state index in [2.05, 4.69) is 4.98 Å². The molecule has 0 amide bonds. The van der Waals surface area contributed by atoms with Crippen molar-refractivity contribution in [1.82, 2.24) is 4.98 Å². The van der Waals surface area contributed by atoms with Gasteiger partial charge >= 0.3 is 5.97 Å². The van der Waals surface area contributed by atoms with E-state index in [1.807, 2.05) is 0 Å². The van der Waals surface area contributed by atoms with Crippen LogP contribution in [0, 0.1) is 0 Å². The Balaban J connectivity index is 2.26. The number of carbonyl (C=O) groups is 1. The third-order valence-electron chi connectivity index (χ3n) is 2.81. The van der Waals surface area contributed by atoms with Crippen LogP contribution in [-0.4, -0.2) is 31.6 Å². The van der Waals surface area contributed by atoms with Crippen molar-refractivity contribution in [1.29, 1.82) is 0 Å². The van der Waals surface area contributed by atoms with Gasteiger partial charge in [-0.2, -0.15) is 0 Å². The van der Waals surface area contributed by atoms with Crippen molar-refractivity contribution in [2.45, 2.75) is 10.6 Å². The summed E-state index contributed by atoms with van der Waals surface area (Å²) in [6.45, 7) is 0. The molecule has 0 radical (unpaired) electrons. The lowest BCUT2D eigenvalue weighted by Crippen LogP contribution is -2.07. The van der Waals surface area contributed by atoms with E-state index in [4.69, 9.17) is 9.84 Å². The average molecular weight is 307 g/mol. The highest BCUT2D eigenvalue weighted by Gasteiger charge is 2.17. The van der Waals surface area contributed by atoms with Crippen LogP contribution in [-0.2, 0) is 15.6 Å². The number of methoxy groups -OCH3 is 1. The molecule has 1 N–H and O–H groups in total. The molecule has 21 heavy (non-hydrogen) atoms. The van der Waals surface area contributed by atoms with Gasteiger partial charge in [-0.1, -0.05) is 6.07 Å². The van der Waals surface area contributed by atoms with Gasteiger partial charge in [-0.05, 0) is 30.3 Å². The maximum absolute atomic E-state index is 12.3. The number of ether oxygens (including phenoxy) is 1. The Morgan fingerprint density at radius 1 is 1.29 bits per heavy atom. The molecule has 0 aliphatic carbocycles. The normalized spacial score (nSPS) is 11.1. The molecule has 0 aliphatic heterocycles. The van der Waals surface area contributed by atoms with E-state index in [1.54, 1.807) is 12.1 Å². The Labute approximate surface area is 121 Å². The maximum Gasteiger partial charge on any atom is 0.337 e. The molecule has 2 rings (SSSR count). The summed E-state index contributed by atoms with van der Waals surface area (Å²) >= 11 is 0. The highest BCUT2D eigenvalue weighted by Crippen LogP contribution is 2.20. The van der Waals surface area contributed by atoms with Crippen molar-refractivity contribution in [3.05, 3.63) is 53.9 Å². The van der Waals surface area contributed by atoms with E-state index >= 15 is 0 Å². The molecular formula is C14H13NO5S. The van der Waals surface area contributed by atoms with Crippen molar-refractivity contribution in [3.8, 4) is 5.75 Å². The Hall–Kier alpha value is -2.41. The number of sulfone groups is 1. The van der Waals surface area contributed by atoms with Crippen LogP contribution >= 0.6 is 0 Å². The Morgan fingerprint density at radius 3 is 2.62 bits per heavy atom. The van der Waals surface area contributed by atoms with Gasteiger partial charge in [0.2, 0.25) is 0 Å². The Bertz CT molecular complexity index is 753. The minimum atomic E-state index is -3.57. The molecule has 0 atom stereocenters. The molecule has 0 unspecified atom stereocenters. The second-order valence-corrected chi connectivity index (χ2v) is 6.27. The van der Waals surface area contributed by atoms with Gasteiger partial charge in [0, 0.05) is 6.20 Å². The lowest BCUT2D eigenvalue weighted by molar-refractivity contribution is 0.0696. The monoisotopic (exact) mass is 307 g/mol. The fraction of sp³-hybridized carbons (Fsp3) is 0.143. The molecule has 0 fully saturated rings. The Morgan fingerprint density at radius 2 is 2.05 bits per heavy atom. The third-order valence-corrected chi connectivity index (χ3v) is 4.46. The number of hydrogen-bond acceptors (Lipinski definition) is 5. The van der Waals surface area contributed by atoms with Crippen LogP contribution in [0.2, 0.25) is 0 Å². The van der Waals surface area contributed by atoms with E-state index < -0.39 is 15.8 Å². The second-order valence-electron chi connectivity index (χ2n) is 4.28. The van der Waals surface area contributed by atoms with Gasteiger partial charge in [0.25, 0.3) is 0 Å². The number of rotatable bonds is 5. The minimum absolute atomic E-state index is 0.0116. The van der Waals surface area contributed by atoms with E-state index in [0.29, 0.717) is 5.75 Å². The fourth-order valence-corrected chi connectivity index (χ4v) is 3.02. The molecule has 1 aromatic heterocycles. The summed E-state index contributed by atoms with van der Waals surface area (Å²) in [6.07, 6.45) is 1.14. The summed E-state index contributed by atoms with van der Waals surface area (Å²) in [5.74, 6) is -0.963. The SMILES string of the molecule is COc1cccc(S(=O)(=O)Cc2ccc(C(=O)O)cn2)c1. The standard InChI is InChI=1S/C14H13NO5S/c1-20-12-3-2-4-13(7-12)21(18,19)9-11-6-5-10(8-15-11)14(16)17/h2-8H,9H2,1H3,(H,16,17). The molecular weight excluding hydrogens is 294 g/mol. The van der Waals surface area contributed by atoms with Gasteiger partial charge in [0.15, 0.2) is 9.84 Å². The molecule has 1 aromatic carbocycles. The zero-order chi connectivity index (χ0) is 15.5. The van der Waals surface area contributed by atoms with E-state index in [-0.39, 0.29) is 21.9 Å². The molecule has 0 spiro atoms. The van der Waals surface area contributed by atoms with E-state index in [0.717, 1.165) is 6.20 Å². The first-order valence-electron chi connectivity index (χ1n) is 5.97. The lowest BCUT2D eigenvalue weighted by atomic mass is 10.2. The smallest absolute Gasteiger partial charge is 0.337 e. The highest BCUT2D eigenvalue weighted by molar-refractivity contribution is 7.90. The third kappa shape index (κ3) is 3.57. The number of carboxylic acid groups (broad SMARTS) is 1. The molecule has 0 saturated heterocycles. The predicted octanol–water partition coefficient (Wildman–Crippen LogP) is 1.76. The van der Waals surface area contributed by atoms with Crippen molar-refractivity contribution >= 4 is 15.8 Å². The van der Waals surface area contributed by atoms with Crippen molar-refractivity contribution in [2.24, 2.45) is 0 Å². The van der Waals surface area contributed by atoms with Crippen LogP contribution in [0.5, 0.6) is 5.75 Å². The number of benzene rings is 1. The zero-order valence-electron chi connectivity index (χ0n) is 11.2. The first kappa shape index (κ1) is 15.0. The quantitative estimate of drug-likeness (QED) is 0.904. The average Bonchev–Trinajstić information content (AvgIpc) is 2.47. The maximum atomic E-state index is 12.3. The summed E-state index contributed by atoms with van der Waals surface area (Å²) in [6, 6.07) is 8.86. The summed E-state index contributed by atoms with van der Waals surface area (Å²) in [4.78, 5) is 14.7. The molecule has 0 aliphatic rings. The lowest BCUT2D eigenvalue weighted by Gasteiger charge is -2.06. The molecule has 2 aromatic rings. The van der Waals surface area contributed by atoms with E-state index in [9.17, 15) is 13.2 Å². The molecule has 7 heteroatoms. The van der Waals surface area contributed by atoms with E-state index in [1.165, 1.54) is 31.4 Å². The second kappa shape index (κ2) is 5.92. The molecule has 110 valence electrons. The van der Waals surface area contributed by atoms with Gasteiger partial charge in [0.1, 0.15) is 5.75 Å². The van der Waals surface area contributed by atoms with Crippen LogP contribution < -0.4 is 4.74 Å². The number of hydrogen-bond donors (Lipinski definition) is 1. The van der Waals surface area contributed by atoms with Crippen molar-refractivity contribution in [2.75, 3.05) is 7.11 Å². The number of nitrogens with zero attached hydrogens (tertiary/aromatic N) is 1. The first-order valence-corrected chi connectivity index (χ1v) is 7.62. The summed E-state index contributed by atoms with van der Waals surface area (Å²) < 4.78 is 29.6. The zero-order valence-corrected chi connectivity index (χ0v) is 12.0. The topological polar surface area (TPSA) is 93.6 Å².